The van der Waals surface area contributed by atoms with Crippen molar-refractivity contribution in [3.05, 3.63) is 207 Å². The number of nitrogens with zero attached hydrogens (tertiary/aromatic N) is 1. The van der Waals surface area contributed by atoms with Crippen molar-refractivity contribution in [2.24, 2.45) is 0 Å². The first kappa shape index (κ1) is 32.7. The molecule has 0 bridgehead atoms. The van der Waals surface area contributed by atoms with Crippen LogP contribution in [0.3, 0.4) is 0 Å². The van der Waals surface area contributed by atoms with Crippen LogP contribution in [0.1, 0.15) is 19.4 Å². The van der Waals surface area contributed by atoms with Gasteiger partial charge in [-0.1, -0.05) is 179 Å². The van der Waals surface area contributed by atoms with Crippen molar-refractivity contribution in [1.29, 1.82) is 0 Å². The summed E-state index contributed by atoms with van der Waals surface area (Å²) >= 11 is 0. The van der Waals surface area contributed by atoms with Crippen LogP contribution in [0.4, 0.5) is 17.1 Å². The van der Waals surface area contributed by atoms with Crippen LogP contribution in [0.5, 0.6) is 0 Å². The molecule has 7 rings (SSSR count). The van der Waals surface area contributed by atoms with E-state index in [9.17, 15) is 0 Å². The fourth-order valence-corrected chi connectivity index (χ4v) is 6.32. The Bertz CT molecular complexity index is 2100. The van der Waals surface area contributed by atoms with E-state index in [-0.39, 0.29) is 0 Å². The normalized spacial score (nSPS) is 10.9. The van der Waals surface area contributed by atoms with Crippen LogP contribution >= 0.6 is 0 Å². The summed E-state index contributed by atoms with van der Waals surface area (Å²) in [5, 5.41) is 2.42. The second-order valence-corrected chi connectivity index (χ2v) is 11.5. The zero-order chi connectivity index (χ0) is 34.0. The van der Waals surface area contributed by atoms with Gasteiger partial charge in [0.2, 0.25) is 0 Å². The molecule has 0 aromatic heterocycles. The Balaban J connectivity index is 0.00000205. The minimum absolute atomic E-state index is 1.03. The first-order valence-corrected chi connectivity index (χ1v) is 16.9. The molecule has 7 aromatic rings. The molecule has 7 aromatic carbocycles. The summed E-state index contributed by atoms with van der Waals surface area (Å²) in [4.78, 5) is 2.34. The van der Waals surface area contributed by atoms with Crippen LogP contribution in [-0.4, -0.2) is 0 Å². The van der Waals surface area contributed by atoms with E-state index in [0.717, 1.165) is 33.8 Å². The van der Waals surface area contributed by atoms with Gasteiger partial charge in [0.25, 0.3) is 0 Å². The third-order valence-corrected chi connectivity index (χ3v) is 8.63. The summed E-state index contributed by atoms with van der Waals surface area (Å²) < 4.78 is 0. The number of benzene rings is 7. The molecule has 49 heavy (non-hydrogen) atoms. The Morgan fingerprint density at radius 3 is 1.51 bits per heavy atom. The molecule has 0 heterocycles. The van der Waals surface area contributed by atoms with Crippen molar-refractivity contribution in [2.75, 3.05) is 4.90 Å². The molecule has 0 radical (unpaired) electrons. The van der Waals surface area contributed by atoms with E-state index < -0.39 is 0 Å². The van der Waals surface area contributed by atoms with Crippen LogP contribution in [0.2, 0.25) is 0 Å². The lowest BCUT2D eigenvalue weighted by molar-refractivity contribution is 1.28. The standard InChI is InChI=1S/C46H35N.C2H6/c1-3-14-34(4-2)44-32-31-42(33-46(44)45-22-13-20-39-19-11-12-21-43(39)45)47(40-27-23-37(24-28-40)35-15-7-5-8-16-35)41-29-25-38(26-30-41)36-17-9-6-10-18-36;1-2/h3-33H,1-2H2;1-2H3/b34-14+;. The lowest BCUT2D eigenvalue weighted by Crippen LogP contribution is -2.10. The summed E-state index contributed by atoms with van der Waals surface area (Å²) in [6.07, 6.45) is 5.76. The predicted octanol–water partition coefficient (Wildman–Crippen LogP) is 14.1. The summed E-state index contributed by atoms with van der Waals surface area (Å²) in [5.41, 5.74) is 12.5. The van der Waals surface area contributed by atoms with Gasteiger partial charge in [-0.2, -0.15) is 0 Å². The zero-order valence-corrected chi connectivity index (χ0v) is 28.3. The molecule has 0 saturated carbocycles. The topological polar surface area (TPSA) is 3.24 Å². The van der Waals surface area contributed by atoms with Gasteiger partial charge in [-0.05, 0) is 91.7 Å². The molecular formula is C48H41N. The molecule has 0 unspecified atom stereocenters. The molecule has 0 amide bonds. The lowest BCUT2D eigenvalue weighted by Gasteiger charge is -2.27. The molecule has 0 saturated heterocycles. The average molecular weight is 632 g/mol. The number of allylic oxidation sites excluding steroid dienone is 4. The highest BCUT2D eigenvalue weighted by Gasteiger charge is 2.18. The Morgan fingerprint density at radius 2 is 0.959 bits per heavy atom. The molecule has 1 nitrogen and oxygen atoms in total. The van der Waals surface area contributed by atoms with E-state index in [4.69, 9.17) is 0 Å². The van der Waals surface area contributed by atoms with Crippen molar-refractivity contribution in [1.82, 2.24) is 0 Å². The SMILES string of the molecule is C=C/C=C(\C=C)c1ccc(N(c2ccc(-c3ccccc3)cc2)c2ccc(-c3ccccc3)cc2)cc1-c1cccc2ccccc12.CC. The van der Waals surface area contributed by atoms with Crippen molar-refractivity contribution in [3.8, 4) is 33.4 Å². The van der Waals surface area contributed by atoms with Gasteiger partial charge >= 0.3 is 0 Å². The number of rotatable bonds is 9. The minimum atomic E-state index is 1.03. The smallest absolute Gasteiger partial charge is 0.0468 e. The summed E-state index contributed by atoms with van der Waals surface area (Å²) in [6, 6.07) is 60.6. The molecular weight excluding hydrogens is 591 g/mol. The van der Waals surface area contributed by atoms with Crippen LogP contribution in [0.15, 0.2) is 201 Å². The fraction of sp³-hybridized carbons (Fsp3) is 0.0417. The molecule has 0 N–H and O–H groups in total. The summed E-state index contributed by atoms with van der Waals surface area (Å²) in [6.45, 7) is 12.1. The van der Waals surface area contributed by atoms with Gasteiger partial charge in [0.1, 0.15) is 0 Å². The van der Waals surface area contributed by atoms with E-state index in [0.29, 0.717) is 0 Å². The van der Waals surface area contributed by atoms with Crippen LogP contribution in [-0.2, 0) is 0 Å². The maximum absolute atomic E-state index is 4.15. The fourth-order valence-electron chi connectivity index (χ4n) is 6.32. The van der Waals surface area contributed by atoms with Gasteiger partial charge in [-0.15, -0.1) is 0 Å². The monoisotopic (exact) mass is 631 g/mol. The summed E-state index contributed by atoms with van der Waals surface area (Å²) in [7, 11) is 0. The molecule has 0 atom stereocenters. The Kier molecular flexibility index (Phi) is 10.4. The first-order valence-electron chi connectivity index (χ1n) is 16.9. The largest absolute Gasteiger partial charge is 0.310 e. The average Bonchev–Trinajstić information content (AvgIpc) is 3.19. The number of hydrogen-bond donors (Lipinski definition) is 0. The number of anilines is 3. The second-order valence-electron chi connectivity index (χ2n) is 11.5. The van der Waals surface area contributed by atoms with Gasteiger partial charge in [0.05, 0.1) is 0 Å². The van der Waals surface area contributed by atoms with Gasteiger partial charge in [0, 0.05) is 17.1 Å². The van der Waals surface area contributed by atoms with Crippen LogP contribution < -0.4 is 4.90 Å². The van der Waals surface area contributed by atoms with Crippen LogP contribution in [0.25, 0.3) is 49.7 Å². The van der Waals surface area contributed by atoms with Crippen molar-refractivity contribution >= 4 is 33.4 Å². The second kappa shape index (κ2) is 15.6. The molecule has 0 fully saturated rings. The van der Waals surface area contributed by atoms with Gasteiger partial charge in [-0.3, -0.25) is 0 Å². The Labute approximate surface area is 291 Å². The van der Waals surface area contributed by atoms with E-state index >= 15 is 0 Å². The minimum Gasteiger partial charge on any atom is -0.310 e. The predicted molar refractivity (Wildman–Crippen MR) is 215 cm³/mol. The maximum Gasteiger partial charge on any atom is 0.0468 e. The third-order valence-electron chi connectivity index (χ3n) is 8.63. The Morgan fingerprint density at radius 1 is 0.469 bits per heavy atom. The number of hydrogen-bond acceptors (Lipinski definition) is 1. The summed E-state index contributed by atoms with van der Waals surface area (Å²) in [5.74, 6) is 0. The molecule has 0 aliphatic carbocycles. The molecule has 0 spiro atoms. The van der Waals surface area contributed by atoms with Crippen molar-refractivity contribution in [2.45, 2.75) is 13.8 Å². The Hall–Kier alpha value is -6.18. The van der Waals surface area contributed by atoms with Gasteiger partial charge < -0.3 is 4.90 Å². The van der Waals surface area contributed by atoms with Crippen molar-refractivity contribution in [3.63, 3.8) is 0 Å². The van der Waals surface area contributed by atoms with Crippen LogP contribution in [0, 0.1) is 0 Å². The highest BCUT2D eigenvalue weighted by atomic mass is 15.1. The lowest BCUT2D eigenvalue weighted by atomic mass is 9.90. The van der Waals surface area contributed by atoms with E-state index in [1.807, 2.05) is 32.1 Å². The van der Waals surface area contributed by atoms with Gasteiger partial charge in [0.15, 0.2) is 0 Å². The molecule has 1 heteroatoms. The maximum atomic E-state index is 4.15. The quantitative estimate of drug-likeness (QED) is 0.143. The van der Waals surface area contributed by atoms with E-state index in [1.54, 1.807) is 0 Å². The molecule has 238 valence electrons. The first-order chi connectivity index (χ1) is 24.2. The highest BCUT2D eigenvalue weighted by Crippen LogP contribution is 2.42. The molecule has 0 aliphatic heterocycles. The highest BCUT2D eigenvalue weighted by molar-refractivity contribution is 6.01. The van der Waals surface area contributed by atoms with Gasteiger partial charge in [-0.25, -0.2) is 0 Å². The molecule has 0 aliphatic rings. The van der Waals surface area contributed by atoms with E-state index in [1.165, 1.54) is 38.6 Å². The zero-order valence-electron chi connectivity index (χ0n) is 28.3. The number of fused-ring (bicyclic) bond motifs is 1. The van der Waals surface area contributed by atoms with Crippen molar-refractivity contribution < 1.29 is 0 Å². The van der Waals surface area contributed by atoms with E-state index in [2.05, 4.69) is 188 Å². The third kappa shape index (κ3) is 7.07.